The monoisotopic (exact) mass is 368 g/mol. The molecule has 0 saturated heterocycles. The highest BCUT2D eigenvalue weighted by Gasteiger charge is 2.40. The van der Waals surface area contributed by atoms with Crippen molar-refractivity contribution >= 4 is 8.32 Å². The van der Waals surface area contributed by atoms with E-state index in [0.717, 1.165) is 31.0 Å². The zero-order valence-electron chi connectivity index (χ0n) is 16.1. The van der Waals surface area contributed by atoms with Gasteiger partial charge < -0.3 is 4.43 Å². The standard InChI is InChI=1S/C21H34F2OSi/c1-4-25(5-2,6-3)24-20(13-12-18-10-8-7-9-11-18)19-14-16-21(22,23)17-15-19/h7-11,19-20H,4-6,12-17H2,1-3H3. The topological polar surface area (TPSA) is 9.23 Å². The van der Waals surface area contributed by atoms with Gasteiger partial charge in [0.25, 0.3) is 0 Å². The van der Waals surface area contributed by atoms with Gasteiger partial charge in [-0.1, -0.05) is 51.1 Å². The minimum absolute atomic E-state index is 0.0296. The van der Waals surface area contributed by atoms with Crippen LogP contribution in [0.15, 0.2) is 30.3 Å². The van der Waals surface area contributed by atoms with Crippen LogP contribution in [0.25, 0.3) is 0 Å². The first-order valence-electron chi connectivity index (χ1n) is 10.0. The highest BCUT2D eigenvalue weighted by Crippen LogP contribution is 2.40. The van der Waals surface area contributed by atoms with Crippen LogP contribution in [0.3, 0.4) is 0 Å². The summed E-state index contributed by atoms with van der Waals surface area (Å²) < 4.78 is 34.0. The van der Waals surface area contributed by atoms with Crippen LogP contribution < -0.4 is 0 Å². The Morgan fingerprint density at radius 3 is 2.12 bits per heavy atom. The summed E-state index contributed by atoms with van der Waals surface area (Å²) in [7, 11) is -1.73. The number of rotatable bonds is 9. The lowest BCUT2D eigenvalue weighted by Crippen LogP contribution is -2.44. The molecule has 2 rings (SSSR count). The van der Waals surface area contributed by atoms with Crippen molar-refractivity contribution in [1.82, 2.24) is 0 Å². The molecule has 1 aliphatic rings. The first-order chi connectivity index (χ1) is 11.9. The van der Waals surface area contributed by atoms with Gasteiger partial charge in [0, 0.05) is 18.9 Å². The van der Waals surface area contributed by atoms with Gasteiger partial charge in [0.1, 0.15) is 0 Å². The van der Waals surface area contributed by atoms with E-state index < -0.39 is 14.2 Å². The van der Waals surface area contributed by atoms with E-state index >= 15 is 0 Å². The number of hydrogen-bond acceptors (Lipinski definition) is 1. The average molecular weight is 369 g/mol. The molecule has 1 unspecified atom stereocenters. The summed E-state index contributed by atoms with van der Waals surface area (Å²) in [5.74, 6) is -2.17. The predicted molar refractivity (Wildman–Crippen MR) is 104 cm³/mol. The minimum Gasteiger partial charge on any atom is -0.414 e. The van der Waals surface area contributed by atoms with Gasteiger partial charge >= 0.3 is 0 Å². The fourth-order valence-electron chi connectivity index (χ4n) is 4.10. The largest absolute Gasteiger partial charge is 0.414 e. The second-order valence-electron chi connectivity index (χ2n) is 7.62. The number of alkyl halides is 2. The summed E-state index contributed by atoms with van der Waals surface area (Å²) in [5, 5.41) is 0. The summed E-state index contributed by atoms with van der Waals surface area (Å²) in [6.07, 6.45) is 3.34. The van der Waals surface area contributed by atoms with E-state index in [-0.39, 0.29) is 18.9 Å². The van der Waals surface area contributed by atoms with Crippen molar-refractivity contribution in [3.8, 4) is 0 Å². The fourth-order valence-corrected chi connectivity index (χ4v) is 7.05. The first-order valence-corrected chi connectivity index (χ1v) is 12.6. The van der Waals surface area contributed by atoms with Crippen LogP contribution in [-0.4, -0.2) is 20.3 Å². The molecule has 4 heteroatoms. The van der Waals surface area contributed by atoms with Crippen LogP contribution in [0.4, 0.5) is 8.78 Å². The van der Waals surface area contributed by atoms with E-state index in [9.17, 15) is 8.78 Å². The van der Waals surface area contributed by atoms with Crippen molar-refractivity contribution in [2.45, 2.75) is 89.5 Å². The molecular weight excluding hydrogens is 334 g/mol. The molecule has 1 aromatic rings. The zero-order valence-corrected chi connectivity index (χ0v) is 17.1. The number of hydrogen-bond donors (Lipinski definition) is 0. The van der Waals surface area contributed by atoms with Crippen LogP contribution >= 0.6 is 0 Å². The van der Waals surface area contributed by atoms with E-state index in [1.807, 2.05) is 6.07 Å². The highest BCUT2D eigenvalue weighted by atomic mass is 28.4. The molecule has 1 atom stereocenters. The number of benzene rings is 1. The quantitative estimate of drug-likeness (QED) is 0.434. The van der Waals surface area contributed by atoms with Crippen molar-refractivity contribution in [1.29, 1.82) is 0 Å². The van der Waals surface area contributed by atoms with Crippen molar-refractivity contribution < 1.29 is 13.2 Å². The molecule has 0 heterocycles. The van der Waals surface area contributed by atoms with Crippen molar-refractivity contribution in [2.75, 3.05) is 0 Å². The van der Waals surface area contributed by atoms with E-state index in [2.05, 4.69) is 45.0 Å². The lowest BCUT2D eigenvalue weighted by Gasteiger charge is -2.40. The molecule has 25 heavy (non-hydrogen) atoms. The van der Waals surface area contributed by atoms with E-state index in [0.29, 0.717) is 18.8 Å². The SMILES string of the molecule is CC[Si](CC)(CC)OC(CCc1ccccc1)C1CCC(F)(F)CC1. The third-order valence-corrected chi connectivity index (χ3v) is 10.9. The van der Waals surface area contributed by atoms with Crippen LogP contribution in [0, 0.1) is 5.92 Å². The van der Waals surface area contributed by atoms with Gasteiger partial charge in [-0.15, -0.1) is 0 Å². The van der Waals surface area contributed by atoms with Gasteiger partial charge in [-0.25, -0.2) is 8.78 Å². The Bertz CT molecular complexity index is 484. The Kier molecular flexibility index (Phi) is 7.62. The van der Waals surface area contributed by atoms with Crippen LogP contribution in [0.5, 0.6) is 0 Å². The Morgan fingerprint density at radius 1 is 1.04 bits per heavy atom. The van der Waals surface area contributed by atoms with Crippen molar-refractivity contribution in [3.63, 3.8) is 0 Å². The molecule has 1 fully saturated rings. The van der Waals surface area contributed by atoms with E-state index in [1.165, 1.54) is 5.56 Å². The van der Waals surface area contributed by atoms with E-state index in [1.54, 1.807) is 0 Å². The summed E-state index contributed by atoms with van der Waals surface area (Å²) in [6, 6.07) is 13.8. The number of aryl methyl sites for hydroxylation is 1. The maximum Gasteiger partial charge on any atom is 0.248 e. The third-order valence-electron chi connectivity index (χ3n) is 6.18. The minimum atomic E-state index is -2.46. The van der Waals surface area contributed by atoms with Gasteiger partial charge in [0.2, 0.25) is 5.92 Å². The molecule has 1 aliphatic carbocycles. The zero-order chi connectivity index (χ0) is 18.3. The summed E-state index contributed by atoms with van der Waals surface area (Å²) in [6.45, 7) is 6.72. The summed E-state index contributed by atoms with van der Waals surface area (Å²) in [4.78, 5) is 0. The van der Waals surface area contributed by atoms with Gasteiger partial charge in [-0.2, -0.15) is 0 Å². The van der Waals surface area contributed by atoms with Crippen LogP contribution in [-0.2, 0) is 10.8 Å². The molecule has 0 aliphatic heterocycles. The Hall–Kier alpha value is -0.743. The fraction of sp³-hybridized carbons (Fsp3) is 0.714. The maximum absolute atomic E-state index is 13.6. The van der Waals surface area contributed by atoms with Gasteiger partial charge in [0.15, 0.2) is 8.32 Å². The molecule has 1 nitrogen and oxygen atoms in total. The van der Waals surface area contributed by atoms with Crippen molar-refractivity contribution in [3.05, 3.63) is 35.9 Å². The second kappa shape index (κ2) is 9.27. The molecule has 1 saturated carbocycles. The molecule has 1 aromatic carbocycles. The Labute approximate surface area is 153 Å². The molecular formula is C21H34F2OSi. The van der Waals surface area contributed by atoms with Crippen molar-refractivity contribution in [2.24, 2.45) is 5.92 Å². The smallest absolute Gasteiger partial charge is 0.248 e. The molecule has 0 aromatic heterocycles. The molecule has 0 radical (unpaired) electrons. The molecule has 0 N–H and O–H groups in total. The van der Waals surface area contributed by atoms with Crippen LogP contribution in [0.1, 0.15) is 58.4 Å². The van der Waals surface area contributed by atoms with Gasteiger partial charge in [0.05, 0.1) is 0 Å². The first kappa shape index (κ1) is 20.6. The normalized spacial score (nSPS) is 19.7. The lowest BCUT2D eigenvalue weighted by molar-refractivity contribution is -0.0610. The third kappa shape index (κ3) is 5.89. The summed E-state index contributed by atoms with van der Waals surface area (Å²) >= 11 is 0. The lowest BCUT2D eigenvalue weighted by atomic mass is 9.81. The van der Waals surface area contributed by atoms with Gasteiger partial charge in [-0.3, -0.25) is 0 Å². The Balaban J connectivity index is 2.07. The molecule has 142 valence electrons. The van der Waals surface area contributed by atoms with Crippen LogP contribution in [0.2, 0.25) is 18.1 Å². The molecule has 0 amide bonds. The Morgan fingerprint density at radius 2 is 1.60 bits per heavy atom. The average Bonchev–Trinajstić information content (AvgIpc) is 2.64. The number of halogens is 2. The molecule has 0 bridgehead atoms. The predicted octanol–water partition coefficient (Wildman–Crippen LogP) is 6.84. The second-order valence-corrected chi connectivity index (χ2v) is 12.3. The molecule has 0 spiro atoms. The van der Waals surface area contributed by atoms with E-state index in [4.69, 9.17) is 4.43 Å². The highest BCUT2D eigenvalue weighted by molar-refractivity contribution is 6.73. The summed E-state index contributed by atoms with van der Waals surface area (Å²) in [5.41, 5.74) is 1.31. The maximum atomic E-state index is 13.6. The van der Waals surface area contributed by atoms with Gasteiger partial charge in [-0.05, 0) is 55.3 Å².